The van der Waals surface area contributed by atoms with Gasteiger partial charge in [0.2, 0.25) is 15.9 Å². The van der Waals surface area contributed by atoms with Gasteiger partial charge in [-0.2, -0.15) is 0 Å². The molecule has 0 spiro atoms. The van der Waals surface area contributed by atoms with Crippen LogP contribution in [0.2, 0.25) is 0 Å². The number of methoxy groups -OCH3 is 1. The van der Waals surface area contributed by atoms with Crippen LogP contribution in [-0.4, -0.2) is 54.8 Å². The monoisotopic (exact) mass is 417 g/mol. The highest BCUT2D eigenvalue weighted by atomic mass is 32.2. The smallest absolute Gasteiger partial charge is 0.242 e. The minimum atomic E-state index is -3.54. The number of amides is 1. The van der Waals surface area contributed by atoms with Gasteiger partial charge in [0, 0.05) is 27.1 Å². The molecule has 0 atom stereocenters. The van der Waals surface area contributed by atoms with Gasteiger partial charge in [0.15, 0.2) is 0 Å². The molecule has 0 unspecified atom stereocenters. The molecule has 0 aliphatic rings. The zero-order valence-corrected chi connectivity index (χ0v) is 17.3. The zero-order chi connectivity index (χ0) is 21.0. The normalized spacial score (nSPS) is 11.7. The molecule has 0 fully saturated rings. The first kappa shape index (κ1) is 20.7. The number of aromatic nitrogens is 3. The number of hydrogen-bond donors (Lipinski definition) is 1. The molecule has 0 aliphatic heterocycles. The number of aryl methyl sites for hydroxylation is 1. The zero-order valence-electron chi connectivity index (χ0n) is 16.5. The molecule has 0 saturated heterocycles. The Balaban J connectivity index is 1.60. The lowest BCUT2D eigenvalue weighted by atomic mass is 10.2. The molecule has 1 heterocycles. The van der Waals surface area contributed by atoms with Gasteiger partial charge >= 0.3 is 0 Å². The minimum Gasteiger partial charge on any atom is -0.497 e. The van der Waals surface area contributed by atoms with Crippen molar-refractivity contribution in [2.45, 2.75) is 24.4 Å². The van der Waals surface area contributed by atoms with Crippen LogP contribution < -0.4 is 10.1 Å². The largest absolute Gasteiger partial charge is 0.497 e. The highest BCUT2D eigenvalue weighted by molar-refractivity contribution is 7.89. The molecule has 3 aromatic rings. The van der Waals surface area contributed by atoms with Crippen molar-refractivity contribution in [3.05, 3.63) is 48.0 Å². The molecule has 1 N–H and O–H groups in total. The Kier molecular flexibility index (Phi) is 6.14. The van der Waals surface area contributed by atoms with E-state index < -0.39 is 10.0 Å². The van der Waals surface area contributed by atoms with E-state index in [0.29, 0.717) is 24.1 Å². The van der Waals surface area contributed by atoms with Crippen LogP contribution in [0.15, 0.2) is 47.4 Å². The van der Waals surface area contributed by atoms with Crippen molar-refractivity contribution >= 4 is 27.0 Å². The first-order valence-corrected chi connectivity index (χ1v) is 10.4. The Morgan fingerprint density at radius 1 is 1.17 bits per heavy atom. The summed E-state index contributed by atoms with van der Waals surface area (Å²) in [6.45, 7) is 0.761. The molecule has 3 rings (SSSR count). The van der Waals surface area contributed by atoms with Crippen LogP contribution in [0.3, 0.4) is 0 Å². The van der Waals surface area contributed by atoms with E-state index in [9.17, 15) is 13.2 Å². The predicted octanol–water partition coefficient (Wildman–Crippen LogP) is 1.40. The predicted molar refractivity (Wildman–Crippen MR) is 108 cm³/mol. The van der Waals surface area contributed by atoms with Gasteiger partial charge in [0.1, 0.15) is 11.3 Å². The summed E-state index contributed by atoms with van der Waals surface area (Å²) in [5.74, 6) is 0.649. The van der Waals surface area contributed by atoms with Crippen LogP contribution in [0, 0.1) is 0 Å². The highest BCUT2D eigenvalue weighted by Crippen LogP contribution is 2.19. The van der Waals surface area contributed by atoms with Gasteiger partial charge in [0.25, 0.3) is 0 Å². The molecule has 0 saturated carbocycles. The summed E-state index contributed by atoms with van der Waals surface area (Å²) < 4.78 is 32.3. The third-order valence-corrected chi connectivity index (χ3v) is 6.27. The SMILES string of the molecule is COc1ccc(CNC(=O)CCn2nnc3cc(S(=O)(=O)N(C)C)ccc32)cc1. The summed E-state index contributed by atoms with van der Waals surface area (Å²) >= 11 is 0. The average molecular weight is 417 g/mol. The fourth-order valence-corrected chi connectivity index (χ4v) is 3.65. The Morgan fingerprint density at radius 2 is 1.90 bits per heavy atom. The third kappa shape index (κ3) is 4.72. The molecule has 2 aromatic carbocycles. The van der Waals surface area contributed by atoms with Crippen molar-refractivity contribution in [2.75, 3.05) is 21.2 Å². The maximum Gasteiger partial charge on any atom is 0.242 e. The Bertz CT molecular complexity index is 1110. The van der Waals surface area contributed by atoms with Gasteiger partial charge in [-0.15, -0.1) is 5.10 Å². The molecule has 0 aliphatic carbocycles. The lowest BCUT2D eigenvalue weighted by Crippen LogP contribution is -2.24. The number of fused-ring (bicyclic) bond motifs is 1. The van der Waals surface area contributed by atoms with Crippen LogP contribution >= 0.6 is 0 Å². The van der Waals surface area contributed by atoms with Crippen molar-refractivity contribution in [1.29, 1.82) is 0 Å². The summed E-state index contributed by atoms with van der Waals surface area (Å²) in [5.41, 5.74) is 2.11. The fourth-order valence-electron chi connectivity index (χ4n) is 2.73. The quantitative estimate of drug-likeness (QED) is 0.594. The van der Waals surface area contributed by atoms with Gasteiger partial charge in [-0.05, 0) is 35.9 Å². The minimum absolute atomic E-state index is 0.115. The van der Waals surface area contributed by atoms with E-state index in [1.807, 2.05) is 24.3 Å². The number of rotatable bonds is 8. The molecule has 10 heteroatoms. The van der Waals surface area contributed by atoms with E-state index in [4.69, 9.17) is 4.74 Å². The number of hydrogen-bond acceptors (Lipinski definition) is 6. The number of ether oxygens (including phenoxy) is 1. The van der Waals surface area contributed by atoms with Gasteiger partial charge in [0.05, 0.1) is 24.1 Å². The van der Waals surface area contributed by atoms with Gasteiger partial charge in [-0.3, -0.25) is 4.79 Å². The number of nitrogens with zero attached hydrogens (tertiary/aromatic N) is 4. The summed E-state index contributed by atoms with van der Waals surface area (Å²) in [4.78, 5) is 12.3. The van der Waals surface area contributed by atoms with E-state index in [1.54, 1.807) is 17.9 Å². The van der Waals surface area contributed by atoms with E-state index in [1.165, 1.54) is 26.2 Å². The van der Waals surface area contributed by atoms with Crippen molar-refractivity contribution in [3.8, 4) is 5.75 Å². The van der Waals surface area contributed by atoms with Crippen LogP contribution in [-0.2, 0) is 27.9 Å². The molecular formula is C19H23N5O4S. The molecule has 0 radical (unpaired) electrons. The Hall–Kier alpha value is -2.98. The molecular weight excluding hydrogens is 394 g/mol. The molecule has 0 bridgehead atoms. The number of sulfonamides is 1. The first-order valence-electron chi connectivity index (χ1n) is 8.96. The standard InChI is InChI=1S/C19H23N5O4S/c1-23(2)29(26,27)16-8-9-18-17(12-16)21-22-24(18)11-10-19(25)20-13-14-4-6-15(28-3)7-5-14/h4-9,12H,10-11,13H2,1-3H3,(H,20,25). The summed E-state index contributed by atoms with van der Waals surface area (Å²) in [6.07, 6.45) is 0.229. The third-order valence-electron chi connectivity index (χ3n) is 4.46. The van der Waals surface area contributed by atoms with Crippen molar-refractivity contribution in [2.24, 2.45) is 0 Å². The summed E-state index contributed by atoms with van der Waals surface area (Å²) in [6, 6.07) is 12.1. The lowest BCUT2D eigenvalue weighted by Gasteiger charge is -2.11. The van der Waals surface area contributed by atoms with Crippen molar-refractivity contribution in [3.63, 3.8) is 0 Å². The van der Waals surface area contributed by atoms with Gasteiger partial charge in [-0.25, -0.2) is 17.4 Å². The molecule has 154 valence electrons. The topological polar surface area (TPSA) is 106 Å². The number of nitrogens with one attached hydrogen (secondary N) is 1. The maximum absolute atomic E-state index is 12.2. The number of benzene rings is 2. The molecule has 1 amide bonds. The van der Waals surface area contributed by atoms with E-state index in [0.717, 1.165) is 15.6 Å². The van der Waals surface area contributed by atoms with Crippen LogP contribution in [0.5, 0.6) is 5.75 Å². The lowest BCUT2D eigenvalue weighted by molar-refractivity contribution is -0.121. The average Bonchev–Trinajstić information content (AvgIpc) is 3.13. The maximum atomic E-state index is 12.2. The molecule has 29 heavy (non-hydrogen) atoms. The van der Waals surface area contributed by atoms with Crippen LogP contribution in [0.25, 0.3) is 11.0 Å². The summed E-state index contributed by atoms with van der Waals surface area (Å²) in [5, 5.41) is 10.9. The van der Waals surface area contributed by atoms with Crippen molar-refractivity contribution in [1.82, 2.24) is 24.6 Å². The van der Waals surface area contributed by atoms with E-state index in [-0.39, 0.29) is 17.2 Å². The number of carbonyl (C=O) groups excluding carboxylic acids is 1. The van der Waals surface area contributed by atoms with Crippen LogP contribution in [0.4, 0.5) is 0 Å². The van der Waals surface area contributed by atoms with Gasteiger partial charge in [-0.1, -0.05) is 17.3 Å². The van der Waals surface area contributed by atoms with E-state index >= 15 is 0 Å². The molecule has 9 nitrogen and oxygen atoms in total. The first-order chi connectivity index (χ1) is 13.8. The second kappa shape index (κ2) is 8.58. The fraction of sp³-hybridized carbons (Fsp3) is 0.316. The second-order valence-corrected chi connectivity index (χ2v) is 8.78. The second-order valence-electron chi connectivity index (χ2n) is 6.63. The molecule has 1 aromatic heterocycles. The Labute approximate surface area is 169 Å². The van der Waals surface area contributed by atoms with Crippen molar-refractivity contribution < 1.29 is 17.9 Å². The Morgan fingerprint density at radius 3 is 2.55 bits per heavy atom. The van der Waals surface area contributed by atoms with Crippen LogP contribution in [0.1, 0.15) is 12.0 Å². The van der Waals surface area contributed by atoms with Gasteiger partial charge < -0.3 is 10.1 Å². The number of carbonyl (C=O) groups is 1. The highest BCUT2D eigenvalue weighted by Gasteiger charge is 2.18. The summed E-state index contributed by atoms with van der Waals surface area (Å²) in [7, 11) is 1.01. The van der Waals surface area contributed by atoms with E-state index in [2.05, 4.69) is 15.6 Å².